The van der Waals surface area contributed by atoms with E-state index in [1.807, 2.05) is 23.2 Å². The smallest absolute Gasteiger partial charge is 0.326 e. The summed E-state index contributed by atoms with van der Waals surface area (Å²) in [5.74, 6) is 1.14. The van der Waals surface area contributed by atoms with Gasteiger partial charge in [-0.3, -0.25) is 4.90 Å². The number of benzene rings is 2. The van der Waals surface area contributed by atoms with Crippen LogP contribution >= 0.6 is 0 Å². The monoisotopic (exact) mass is 484 g/mol. The van der Waals surface area contributed by atoms with Gasteiger partial charge in [-0.15, -0.1) is 0 Å². The number of hydrogen-bond acceptors (Lipinski definition) is 7. The zero-order valence-corrected chi connectivity index (χ0v) is 20.8. The number of amides is 2. The minimum Gasteiger partial charge on any atom is -0.369 e. The maximum atomic E-state index is 13.4. The molecule has 3 aliphatic heterocycles. The maximum Gasteiger partial charge on any atom is 0.326 e. The Morgan fingerprint density at radius 3 is 2.56 bits per heavy atom. The minimum absolute atomic E-state index is 0.0188. The summed E-state index contributed by atoms with van der Waals surface area (Å²) < 4.78 is 0. The second-order valence-corrected chi connectivity index (χ2v) is 9.82. The van der Waals surface area contributed by atoms with Gasteiger partial charge in [0, 0.05) is 69.5 Å². The average molecular weight is 485 g/mol. The van der Waals surface area contributed by atoms with Crippen molar-refractivity contribution in [2.24, 2.45) is 0 Å². The van der Waals surface area contributed by atoms with Crippen LogP contribution in [0.15, 0.2) is 54.7 Å². The van der Waals surface area contributed by atoms with Crippen molar-refractivity contribution in [3.05, 3.63) is 71.4 Å². The third kappa shape index (κ3) is 4.25. The van der Waals surface area contributed by atoms with Crippen LogP contribution in [-0.4, -0.2) is 72.6 Å². The molecule has 6 rings (SSSR count). The first kappa shape index (κ1) is 22.8. The molecule has 0 spiro atoms. The van der Waals surface area contributed by atoms with Crippen molar-refractivity contribution in [3.63, 3.8) is 0 Å². The lowest BCUT2D eigenvalue weighted by Crippen LogP contribution is -2.50. The number of hydrogen-bond donors (Lipinski definition) is 2. The molecular formula is C27H32N8O. The van der Waals surface area contributed by atoms with E-state index in [0.717, 1.165) is 50.5 Å². The number of aromatic nitrogens is 2. The van der Waals surface area contributed by atoms with Crippen molar-refractivity contribution >= 4 is 29.2 Å². The zero-order valence-electron chi connectivity index (χ0n) is 20.8. The summed E-state index contributed by atoms with van der Waals surface area (Å²) in [6.07, 6.45) is 1.83. The van der Waals surface area contributed by atoms with Gasteiger partial charge < -0.3 is 25.3 Å². The molecule has 9 nitrogen and oxygen atoms in total. The molecule has 0 saturated carbocycles. The number of piperazine rings is 1. The summed E-state index contributed by atoms with van der Waals surface area (Å²) in [7, 11) is 3.95. The Morgan fingerprint density at radius 1 is 0.972 bits per heavy atom. The Morgan fingerprint density at radius 2 is 1.75 bits per heavy atom. The predicted molar refractivity (Wildman–Crippen MR) is 142 cm³/mol. The van der Waals surface area contributed by atoms with Gasteiger partial charge in [0.25, 0.3) is 0 Å². The number of fused-ring (bicyclic) bond motifs is 2. The van der Waals surface area contributed by atoms with Crippen LogP contribution in [0.5, 0.6) is 0 Å². The molecule has 2 N–H and O–H groups in total. The molecule has 36 heavy (non-hydrogen) atoms. The number of likely N-dealkylation sites (N-methyl/N-ethyl adjacent to an activating group) is 1. The van der Waals surface area contributed by atoms with E-state index in [1.54, 1.807) is 11.9 Å². The topological polar surface area (TPSA) is 79.9 Å². The molecule has 1 atom stereocenters. The van der Waals surface area contributed by atoms with E-state index >= 15 is 0 Å². The van der Waals surface area contributed by atoms with E-state index in [1.165, 1.54) is 16.8 Å². The molecule has 0 radical (unpaired) electrons. The van der Waals surface area contributed by atoms with E-state index in [0.29, 0.717) is 18.3 Å². The molecule has 0 bridgehead atoms. The maximum absolute atomic E-state index is 13.4. The van der Waals surface area contributed by atoms with Crippen LogP contribution < -0.4 is 20.4 Å². The second-order valence-electron chi connectivity index (χ2n) is 9.82. The van der Waals surface area contributed by atoms with Gasteiger partial charge in [0.2, 0.25) is 5.95 Å². The molecule has 1 saturated heterocycles. The Hall–Kier alpha value is -3.69. The molecular weight excluding hydrogens is 452 g/mol. The van der Waals surface area contributed by atoms with Crippen LogP contribution in [0.4, 0.5) is 27.9 Å². The van der Waals surface area contributed by atoms with Gasteiger partial charge in [-0.05, 0) is 42.4 Å². The van der Waals surface area contributed by atoms with Crippen molar-refractivity contribution in [1.29, 1.82) is 0 Å². The molecule has 9 heteroatoms. The largest absolute Gasteiger partial charge is 0.369 e. The van der Waals surface area contributed by atoms with Gasteiger partial charge in [-0.25, -0.2) is 9.78 Å². The highest BCUT2D eigenvalue weighted by molar-refractivity contribution is 5.93. The van der Waals surface area contributed by atoms with Gasteiger partial charge in [0.1, 0.15) is 5.82 Å². The number of carbonyl (C=O) groups excluding carboxylic acids is 1. The molecule has 1 aromatic heterocycles. The number of carbonyl (C=O) groups is 1. The molecule has 0 aliphatic carbocycles. The van der Waals surface area contributed by atoms with Gasteiger partial charge in [0.15, 0.2) is 0 Å². The van der Waals surface area contributed by atoms with E-state index in [4.69, 9.17) is 4.98 Å². The third-order valence-electron chi connectivity index (χ3n) is 7.47. The molecule has 2 aromatic carbocycles. The average Bonchev–Trinajstić information content (AvgIpc) is 2.92. The van der Waals surface area contributed by atoms with Crippen LogP contribution in [0, 0.1) is 0 Å². The highest BCUT2D eigenvalue weighted by Gasteiger charge is 2.36. The van der Waals surface area contributed by atoms with Crippen molar-refractivity contribution in [2.45, 2.75) is 19.1 Å². The number of nitrogens with one attached hydrogen (secondary N) is 2. The first-order valence-corrected chi connectivity index (χ1v) is 12.6. The van der Waals surface area contributed by atoms with Crippen molar-refractivity contribution in [2.75, 3.05) is 61.9 Å². The fourth-order valence-corrected chi connectivity index (χ4v) is 5.34. The molecule has 2 amide bonds. The van der Waals surface area contributed by atoms with Gasteiger partial charge in [-0.1, -0.05) is 24.3 Å². The molecule has 1 unspecified atom stereocenters. The predicted octanol–water partition coefficient (Wildman–Crippen LogP) is 3.19. The minimum atomic E-state index is -0.0489. The Bertz CT molecular complexity index is 1250. The van der Waals surface area contributed by atoms with Crippen LogP contribution in [0.3, 0.4) is 0 Å². The second kappa shape index (κ2) is 9.40. The van der Waals surface area contributed by atoms with E-state index in [9.17, 15) is 4.79 Å². The van der Waals surface area contributed by atoms with Crippen molar-refractivity contribution in [3.8, 4) is 0 Å². The Balaban J connectivity index is 1.18. The zero-order chi connectivity index (χ0) is 24.6. The first-order valence-electron chi connectivity index (χ1n) is 12.6. The third-order valence-corrected chi connectivity index (χ3v) is 7.47. The summed E-state index contributed by atoms with van der Waals surface area (Å²) in [5, 5.41) is 6.76. The normalized spacial score (nSPS) is 20.2. The Kier molecular flexibility index (Phi) is 5.94. The lowest BCUT2D eigenvalue weighted by atomic mass is 9.95. The van der Waals surface area contributed by atoms with Crippen molar-refractivity contribution < 1.29 is 4.79 Å². The van der Waals surface area contributed by atoms with Crippen LogP contribution in [0.1, 0.15) is 22.7 Å². The quantitative estimate of drug-likeness (QED) is 0.589. The molecule has 3 aromatic rings. The molecule has 4 heterocycles. The summed E-state index contributed by atoms with van der Waals surface area (Å²) >= 11 is 0. The summed E-state index contributed by atoms with van der Waals surface area (Å²) in [5.41, 5.74) is 5.54. The molecule has 186 valence electrons. The molecule has 3 aliphatic rings. The van der Waals surface area contributed by atoms with Crippen LogP contribution in [0.2, 0.25) is 0 Å². The van der Waals surface area contributed by atoms with Gasteiger partial charge >= 0.3 is 6.03 Å². The SMILES string of the molecule is CN1CCN(c2ccc(Nc3ncc4c(n3)N(C)C(=O)N(C3CNCc5ccccc53)C4)cc2)CC1. The van der Waals surface area contributed by atoms with E-state index < -0.39 is 0 Å². The van der Waals surface area contributed by atoms with Crippen molar-refractivity contribution in [1.82, 2.24) is 25.1 Å². The van der Waals surface area contributed by atoms with Gasteiger partial charge in [-0.2, -0.15) is 4.98 Å². The van der Waals surface area contributed by atoms with E-state index in [-0.39, 0.29) is 12.1 Å². The van der Waals surface area contributed by atoms with Crippen LogP contribution in [0.25, 0.3) is 0 Å². The Labute approximate surface area is 211 Å². The fourth-order valence-electron chi connectivity index (χ4n) is 5.34. The lowest BCUT2D eigenvalue weighted by molar-refractivity contribution is 0.168. The highest BCUT2D eigenvalue weighted by atomic mass is 16.2. The number of rotatable bonds is 4. The molecule has 1 fully saturated rings. The van der Waals surface area contributed by atoms with Gasteiger partial charge in [0.05, 0.1) is 12.6 Å². The summed E-state index contributed by atoms with van der Waals surface area (Å²) in [6.45, 7) is 6.28. The fraction of sp³-hybridized carbons (Fsp3) is 0.370. The van der Waals surface area contributed by atoms with Crippen LogP contribution in [-0.2, 0) is 13.1 Å². The first-order chi connectivity index (χ1) is 17.6. The number of nitrogens with zero attached hydrogens (tertiary/aromatic N) is 6. The lowest BCUT2D eigenvalue weighted by Gasteiger charge is -2.41. The van der Waals surface area contributed by atoms with E-state index in [2.05, 4.69) is 68.9 Å². The summed E-state index contributed by atoms with van der Waals surface area (Å²) in [6, 6.07) is 16.7. The number of urea groups is 1. The highest BCUT2D eigenvalue weighted by Crippen LogP contribution is 2.35. The number of anilines is 4. The summed E-state index contributed by atoms with van der Waals surface area (Å²) in [4.78, 5) is 31.0. The standard InChI is InChI=1S/C27H32N8O/c1-32-11-13-34(14-12-32)22-9-7-21(8-10-22)30-26-29-16-20-18-35(27(36)33(2)25(20)31-26)24-17-28-15-19-5-3-4-6-23(19)24/h3-10,16,24,28H,11-15,17-18H2,1-2H3,(H,29,30,31).